The Hall–Kier alpha value is -1.71. The molecule has 4 nitrogen and oxygen atoms in total. The van der Waals surface area contributed by atoms with E-state index >= 15 is 0 Å². The van der Waals surface area contributed by atoms with Crippen molar-refractivity contribution in [3.05, 3.63) is 29.8 Å². The van der Waals surface area contributed by atoms with E-state index in [4.69, 9.17) is 4.74 Å². The van der Waals surface area contributed by atoms with E-state index < -0.39 is 0 Å². The number of methoxy groups -OCH3 is 1. The molecule has 1 rings (SSSR count). The summed E-state index contributed by atoms with van der Waals surface area (Å²) in [7, 11) is 1.66. The summed E-state index contributed by atoms with van der Waals surface area (Å²) in [5.74, 6) is 1.81. The molecular weight excluding hydrogens is 276 g/mol. The molecule has 0 fully saturated rings. The summed E-state index contributed by atoms with van der Waals surface area (Å²) in [6.07, 6.45) is 0.826. The van der Waals surface area contributed by atoms with E-state index in [9.17, 15) is 4.79 Å². The SMILES string of the molecule is COc1ccc(CCNC(=O)N(CC(C)C)CC(C)C)cc1. The van der Waals surface area contributed by atoms with Crippen LogP contribution in [0.25, 0.3) is 0 Å². The van der Waals surface area contributed by atoms with Crippen LogP contribution < -0.4 is 10.1 Å². The predicted octanol–water partition coefficient (Wildman–Crippen LogP) is 3.56. The van der Waals surface area contributed by atoms with Crippen LogP contribution >= 0.6 is 0 Å². The smallest absolute Gasteiger partial charge is 0.317 e. The first-order chi connectivity index (χ1) is 10.4. The third-order valence-corrected chi connectivity index (χ3v) is 3.31. The van der Waals surface area contributed by atoms with Crippen LogP contribution in [0.5, 0.6) is 5.75 Å². The first-order valence-electron chi connectivity index (χ1n) is 8.08. The third kappa shape index (κ3) is 6.83. The van der Waals surface area contributed by atoms with Crippen LogP contribution in [0.15, 0.2) is 24.3 Å². The van der Waals surface area contributed by atoms with E-state index in [1.54, 1.807) is 7.11 Å². The molecule has 0 atom stereocenters. The maximum atomic E-state index is 12.3. The quantitative estimate of drug-likeness (QED) is 0.798. The van der Waals surface area contributed by atoms with Crippen molar-refractivity contribution in [1.29, 1.82) is 0 Å². The second-order valence-electron chi connectivity index (χ2n) is 6.52. The lowest BCUT2D eigenvalue weighted by Gasteiger charge is -2.26. The number of nitrogens with zero attached hydrogens (tertiary/aromatic N) is 1. The molecule has 1 aromatic rings. The highest BCUT2D eigenvalue weighted by Gasteiger charge is 2.15. The number of hydrogen-bond acceptors (Lipinski definition) is 2. The molecule has 0 spiro atoms. The number of benzene rings is 1. The highest BCUT2D eigenvalue weighted by atomic mass is 16.5. The molecule has 1 aromatic carbocycles. The van der Waals surface area contributed by atoms with Gasteiger partial charge in [-0.1, -0.05) is 39.8 Å². The molecule has 1 N–H and O–H groups in total. The van der Waals surface area contributed by atoms with E-state index in [0.717, 1.165) is 25.3 Å². The van der Waals surface area contributed by atoms with Gasteiger partial charge in [0.05, 0.1) is 7.11 Å². The van der Waals surface area contributed by atoms with Gasteiger partial charge in [0.1, 0.15) is 5.75 Å². The summed E-state index contributed by atoms with van der Waals surface area (Å²) in [6.45, 7) is 10.8. The van der Waals surface area contributed by atoms with Gasteiger partial charge in [-0.05, 0) is 36.0 Å². The molecule has 22 heavy (non-hydrogen) atoms. The molecule has 0 saturated heterocycles. The Morgan fingerprint density at radius 3 is 2.09 bits per heavy atom. The van der Waals surface area contributed by atoms with Gasteiger partial charge in [0.2, 0.25) is 0 Å². The molecule has 4 heteroatoms. The van der Waals surface area contributed by atoms with Crippen LogP contribution in [0.4, 0.5) is 4.79 Å². The number of ether oxygens (including phenoxy) is 1. The van der Waals surface area contributed by atoms with E-state index in [1.807, 2.05) is 29.2 Å². The fourth-order valence-corrected chi connectivity index (χ4v) is 2.34. The summed E-state index contributed by atoms with van der Waals surface area (Å²) in [5, 5.41) is 3.03. The summed E-state index contributed by atoms with van der Waals surface area (Å²) in [4.78, 5) is 14.2. The van der Waals surface area contributed by atoms with Crippen molar-refractivity contribution < 1.29 is 9.53 Å². The Balaban J connectivity index is 2.44. The Bertz CT molecular complexity index is 431. The van der Waals surface area contributed by atoms with Crippen LogP contribution in [0.1, 0.15) is 33.3 Å². The van der Waals surface area contributed by atoms with Crippen molar-refractivity contribution in [3.8, 4) is 5.75 Å². The maximum absolute atomic E-state index is 12.3. The van der Waals surface area contributed by atoms with Gasteiger partial charge in [-0.3, -0.25) is 0 Å². The van der Waals surface area contributed by atoms with Crippen molar-refractivity contribution in [2.75, 3.05) is 26.7 Å². The van der Waals surface area contributed by atoms with E-state index in [-0.39, 0.29) is 6.03 Å². The number of rotatable bonds is 8. The Labute approximate surface area is 134 Å². The fourth-order valence-electron chi connectivity index (χ4n) is 2.34. The van der Waals surface area contributed by atoms with Gasteiger partial charge < -0.3 is 15.0 Å². The van der Waals surface area contributed by atoms with E-state index in [1.165, 1.54) is 5.56 Å². The van der Waals surface area contributed by atoms with E-state index in [2.05, 4.69) is 33.0 Å². The molecular formula is C18H30N2O2. The lowest BCUT2D eigenvalue weighted by molar-refractivity contribution is 0.183. The molecule has 0 radical (unpaired) electrons. The molecule has 0 bridgehead atoms. The van der Waals surface area contributed by atoms with Gasteiger partial charge in [0, 0.05) is 19.6 Å². The third-order valence-electron chi connectivity index (χ3n) is 3.31. The highest BCUT2D eigenvalue weighted by molar-refractivity contribution is 5.74. The van der Waals surface area contributed by atoms with Gasteiger partial charge in [-0.25, -0.2) is 4.79 Å². The van der Waals surface area contributed by atoms with Gasteiger partial charge >= 0.3 is 6.03 Å². The minimum absolute atomic E-state index is 0.0379. The first kappa shape index (κ1) is 18.3. The maximum Gasteiger partial charge on any atom is 0.317 e. The van der Waals surface area contributed by atoms with Crippen LogP contribution in [-0.2, 0) is 6.42 Å². The van der Waals surface area contributed by atoms with Crippen LogP contribution in [0.2, 0.25) is 0 Å². The molecule has 2 amide bonds. The lowest BCUT2D eigenvalue weighted by atomic mass is 10.1. The second kappa shape index (κ2) is 9.34. The number of carbonyl (C=O) groups excluding carboxylic acids is 1. The van der Waals surface area contributed by atoms with Gasteiger partial charge in [0.25, 0.3) is 0 Å². The molecule has 0 aliphatic rings. The minimum Gasteiger partial charge on any atom is -0.497 e. The van der Waals surface area contributed by atoms with Crippen molar-refractivity contribution in [3.63, 3.8) is 0 Å². The molecule has 0 heterocycles. The predicted molar refractivity (Wildman–Crippen MR) is 91.3 cm³/mol. The molecule has 0 saturated carbocycles. The molecule has 0 aliphatic heterocycles. The summed E-state index contributed by atoms with van der Waals surface area (Å²) in [5.41, 5.74) is 1.19. The highest BCUT2D eigenvalue weighted by Crippen LogP contribution is 2.11. The topological polar surface area (TPSA) is 41.6 Å². The van der Waals surface area contributed by atoms with Gasteiger partial charge in [-0.2, -0.15) is 0 Å². The van der Waals surface area contributed by atoms with Crippen molar-refractivity contribution in [1.82, 2.24) is 10.2 Å². The van der Waals surface area contributed by atoms with Gasteiger partial charge in [-0.15, -0.1) is 0 Å². The number of amides is 2. The van der Waals surface area contributed by atoms with E-state index in [0.29, 0.717) is 18.4 Å². The van der Waals surface area contributed by atoms with Crippen LogP contribution in [0, 0.1) is 11.8 Å². The Kier molecular flexibility index (Phi) is 7.78. The monoisotopic (exact) mass is 306 g/mol. The van der Waals surface area contributed by atoms with Crippen molar-refractivity contribution in [2.45, 2.75) is 34.1 Å². The zero-order valence-corrected chi connectivity index (χ0v) is 14.6. The average molecular weight is 306 g/mol. The Morgan fingerprint density at radius 2 is 1.64 bits per heavy atom. The summed E-state index contributed by atoms with van der Waals surface area (Å²) >= 11 is 0. The molecule has 0 unspecified atom stereocenters. The fraction of sp³-hybridized carbons (Fsp3) is 0.611. The zero-order chi connectivity index (χ0) is 16.5. The molecule has 0 aromatic heterocycles. The number of carbonyl (C=O) groups is 1. The molecule has 124 valence electrons. The Morgan fingerprint density at radius 1 is 1.09 bits per heavy atom. The second-order valence-corrected chi connectivity index (χ2v) is 6.52. The first-order valence-corrected chi connectivity index (χ1v) is 8.08. The number of hydrogen-bond donors (Lipinski definition) is 1. The zero-order valence-electron chi connectivity index (χ0n) is 14.6. The summed E-state index contributed by atoms with van der Waals surface area (Å²) in [6, 6.07) is 7.99. The average Bonchev–Trinajstić information content (AvgIpc) is 2.46. The van der Waals surface area contributed by atoms with Crippen LogP contribution in [-0.4, -0.2) is 37.7 Å². The largest absolute Gasteiger partial charge is 0.497 e. The normalized spacial score (nSPS) is 10.9. The van der Waals surface area contributed by atoms with Crippen LogP contribution in [0.3, 0.4) is 0 Å². The molecule has 0 aliphatic carbocycles. The number of nitrogens with one attached hydrogen (secondary N) is 1. The van der Waals surface area contributed by atoms with Gasteiger partial charge in [0.15, 0.2) is 0 Å². The lowest BCUT2D eigenvalue weighted by Crippen LogP contribution is -2.44. The van der Waals surface area contributed by atoms with Crippen molar-refractivity contribution in [2.24, 2.45) is 11.8 Å². The minimum atomic E-state index is 0.0379. The van der Waals surface area contributed by atoms with Crippen molar-refractivity contribution >= 4 is 6.03 Å². The number of urea groups is 1. The standard InChI is InChI=1S/C18H30N2O2/c1-14(2)12-20(13-15(3)4)18(21)19-11-10-16-6-8-17(22-5)9-7-16/h6-9,14-15H,10-13H2,1-5H3,(H,19,21). The summed E-state index contributed by atoms with van der Waals surface area (Å²) < 4.78 is 5.14.